The SMILES string of the molecule is IC1=C(I)c2ccccc2C1. The molecular formula is C9H6I2. The van der Waals surface area contributed by atoms with Crippen molar-refractivity contribution >= 4 is 48.8 Å². The highest BCUT2D eigenvalue weighted by atomic mass is 127. The zero-order valence-electron chi connectivity index (χ0n) is 5.77. The molecule has 1 aliphatic carbocycles. The quantitative estimate of drug-likeness (QED) is 0.612. The van der Waals surface area contributed by atoms with E-state index >= 15 is 0 Å². The second kappa shape index (κ2) is 3.05. The Morgan fingerprint density at radius 1 is 1.09 bits per heavy atom. The smallest absolute Gasteiger partial charge is 0.0301 e. The molecule has 56 valence electrons. The van der Waals surface area contributed by atoms with Gasteiger partial charge >= 0.3 is 0 Å². The molecule has 0 heterocycles. The Balaban J connectivity index is 2.60. The summed E-state index contributed by atoms with van der Waals surface area (Å²) in [5, 5.41) is 0. The van der Waals surface area contributed by atoms with E-state index in [0.717, 1.165) is 6.42 Å². The third-order valence-corrected chi connectivity index (χ3v) is 5.02. The van der Waals surface area contributed by atoms with Gasteiger partial charge in [-0.1, -0.05) is 24.3 Å². The summed E-state index contributed by atoms with van der Waals surface area (Å²) in [6, 6.07) is 8.62. The van der Waals surface area contributed by atoms with E-state index in [1.807, 2.05) is 0 Å². The largest absolute Gasteiger partial charge is 0.0619 e. The molecule has 1 aliphatic rings. The number of allylic oxidation sites excluding steroid dienone is 1. The minimum Gasteiger partial charge on any atom is -0.0619 e. The summed E-state index contributed by atoms with van der Waals surface area (Å²) >= 11 is 4.85. The lowest BCUT2D eigenvalue weighted by atomic mass is 10.1. The lowest BCUT2D eigenvalue weighted by Gasteiger charge is -1.96. The average Bonchev–Trinajstić information content (AvgIpc) is 2.30. The number of fused-ring (bicyclic) bond motifs is 1. The Bertz CT molecular complexity index is 326. The monoisotopic (exact) mass is 368 g/mol. The van der Waals surface area contributed by atoms with E-state index in [1.54, 1.807) is 0 Å². The molecule has 0 unspecified atom stereocenters. The van der Waals surface area contributed by atoms with E-state index in [1.165, 1.54) is 18.3 Å². The number of benzene rings is 1. The summed E-state index contributed by atoms with van der Waals surface area (Å²) in [4.78, 5) is 0. The summed E-state index contributed by atoms with van der Waals surface area (Å²) in [5.74, 6) is 0. The molecule has 0 saturated carbocycles. The fraction of sp³-hybridized carbons (Fsp3) is 0.111. The van der Waals surface area contributed by atoms with Crippen LogP contribution in [-0.2, 0) is 6.42 Å². The van der Waals surface area contributed by atoms with Crippen LogP contribution in [0.15, 0.2) is 27.8 Å². The first-order valence-corrected chi connectivity index (χ1v) is 5.57. The highest BCUT2D eigenvalue weighted by molar-refractivity contribution is 14.1. The Morgan fingerprint density at radius 3 is 2.55 bits per heavy atom. The van der Waals surface area contributed by atoms with Crippen LogP contribution in [-0.4, -0.2) is 0 Å². The predicted octanol–water partition coefficient (Wildman–Crippen LogP) is 3.78. The molecule has 0 radical (unpaired) electrons. The van der Waals surface area contributed by atoms with Gasteiger partial charge in [0, 0.05) is 13.6 Å². The van der Waals surface area contributed by atoms with Crippen LogP contribution in [0.4, 0.5) is 0 Å². The van der Waals surface area contributed by atoms with Gasteiger partial charge in [0.15, 0.2) is 0 Å². The molecule has 1 aromatic carbocycles. The Morgan fingerprint density at radius 2 is 1.82 bits per heavy atom. The summed E-state index contributed by atoms with van der Waals surface area (Å²) in [7, 11) is 0. The standard InChI is InChI=1S/C9H6I2/c10-8-5-6-3-1-2-4-7(6)9(8)11/h1-4H,5H2. The number of halogens is 2. The van der Waals surface area contributed by atoms with Crippen molar-refractivity contribution in [1.82, 2.24) is 0 Å². The zero-order valence-corrected chi connectivity index (χ0v) is 10.1. The van der Waals surface area contributed by atoms with Crippen molar-refractivity contribution in [3.8, 4) is 0 Å². The molecule has 0 aromatic heterocycles. The van der Waals surface area contributed by atoms with Crippen LogP contribution < -0.4 is 0 Å². The van der Waals surface area contributed by atoms with Crippen molar-refractivity contribution in [3.63, 3.8) is 0 Å². The van der Waals surface area contributed by atoms with Crippen LogP contribution in [0.2, 0.25) is 0 Å². The lowest BCUT2D eigenvalue weighted by molar-refractivity contribution is 1.30. The van der Waals surface area contributed by atoms with Crippen molar-refractivity contribution in [2.75, 3.05) is 0 Å². The molecule has 2 heteroatoms. The van der Waals surface area contributed by atoms with Crippen LogP contribution in [0.3, 0.4) is 0 Å². The maximum Gasteiger partial charge on any atom is 0.0301 e. The highest BCUT2D eigenvalue weighted by Crippen LogP contribution is 2.39. The fourth-order valence-electron chi connectivity index (χ4n) is 1.28. The van der Waals surface area contributed by atoms with Gasteiger partial charge in [0.2, 0.25) is 0 Å². The summed E-state index contributed by atoms with van der Waals surface area (Å²) in [6.45, 7) is 0. The minimum absolute atomic E-state index is 1.13. The van der Waals surface area contributed by atoms with Crippen molar-refractivity contribution < 1.29 is 0 Å². The second-order valence-electron chi connectivity index (χ2n) is 2.55. The van der Waals surface area contributed by atoms with Gasteiger partial charge in [0.05, 0.1) is 0 Å². The van der Waals surface area contributed by atoms with E-state index in [-0.39, 0.29) is 0 Å². The molecule has 0 amide bonds. The normalized spacial score (nSPS) is 15.5. The topological polar surface area (TPSA) is 0 Å². The maximum atomic E-state index is 2.43. The van der Waals surface area contributed by atoms with Crippen LogP contribution in [0.25, 0.3) is 3.58 Å². The lowest BCUT2D eigenvalue weighted by Crippen LogP contribution is -1.79. The van der Waals surface area contributed by atoms with E-state index in [9.17, 15) is 0 Å². The Kier molecular flexibility index (Phi) is 2.23. The van der Waals surface area contributed by atoms with Crippen LogP contribution in [0, 0.1) is 0 Å². The summed E-state index contributed by atoms with van der Waals surface area (Å²) < 4.78 is 2.91. The first-order chi connectivity index (χ1) is 5.29. The minimum atomic E-state index is 1.13. The fourth-order valence-corrected chi connectivity index (χ4v) is 2.70. The molecule has 1 aromatic rings. The summed E-state index contributed by atoms with van der Waals surface area (Å²) in [5.41, 5.74) is 2.90. The highest BCUT2D eigenvalue weighted by Gasteiger charge is 2.16. The molecule has 0 nitrogen and oxygen atoms in total. The molecule has 0 atom stereocenters. The van der Waals surface area contributed by atoms with Gasteiger partial charge < -0.3 is 0 Å². The molecule has 0 fully saturated rings. The van der Waals surface area contributed by atoms with Gasteiger partial charge in [-0.15, -0.1) is 0 Å². The van der Waals surface area contributed by atoms with Crippen LogP contribution in [0.5, 0.6) is 0 Å². The van der Waals surface area contributed by atoms with Gasteiger partial charge in [-0.3, -0.25) is 0 Å². The molecule has 0 N–H and O–H groups in total. The van der Waals surface area contributed by atoms with Gasteiger partial charge in [0.25, 0.3) is 0 Å². The molecule has 0 aliphatic heterocycles. The molecule has 2 rings (SSSR count). The molecule has 0 bridgehead atoms. The number of hydrogen-bond acceptors (Lipinski definition) is 0. The average molecular weight is 368 g/mol. The number of rotatable bonds is 0. The van der Waals surface area contributed by atoms with Crippen LogP contribution in [0.1, 0.15) is 11.1 Å². The van der Waals surface area contributed by atoms with Crippen molar-refractivity contribution in [3.05, 3.63) is 39.0 Å². The molecule has 11 heavy (non-hydrogen) atoms. The van der Waals surface area contributed by atoms with Crippen molar-refractivity contribution in [2.45, 2.75) is 6.42 Å². The van der Waals surface area contributed by atoms with Gasteiger partial charge in [-0.2, -0.15) is 0 Å². The Labute approximate surface area is 93.4 Å². The maximum absolute atomic E-state index is 2.43. The zero-order chi connectivity index (χ0) is 7.84. The van der Waals surface area contributed by atoms with E-state index in [2.05, 4.69) is 69.4 Å². The van der Waals surface area contributed by atoms with Crippen LogP contribution >= 0.6 is 45.2 Å². The van der Waals surface area contributed by atoms with Gasteiger partial charge in [0.1, 0.15) is 0 Å². The first-order valence-electron chi connectivity index (χ1n) is 3.41. The Hall–Kier alpha value is 0.420. The van der Waals surface area contributed by atoms with Crippen molar-refractivity contribution in [1.29, 1.82) is 0 Å². The number of hydrogen-bond donors (Lipinski definition) is 0. The second-order valence-corrected chi connectivity index (χ2v) is 4.93. The molecule has 0 spiro atoms. The molecule has 0 saturated heterocycles. The van der Waals surface area contributed by atoms with E-state index in [0.29, 0.717) is 0 Å². The van der Waals surface area contributed by atoms with E-state index < -0.39 is 0 Å². The summed E-state index contributed by atoms with van der Waals surface area (Å²) in [6.07, 6.45) is 1.13. The van der Waals surface area contributed by atoms with Gasteiger partial charge in [-0.25, -0.2) is 0 Å². The van der Waals surface area contributed by atoms with Crippen molar-refractivity contribution in [2.24, 2.45) is 0 Å². The first kappa shape index (κ1) is 8.04. The van der Waals surface area contributed by atoms with Gasteiger partial charge in [-0.05, 0) is 56.3 Å². The third-order valence-electron chi connectivity index (χ3n) is 1.84. The molecular weight excluding hydrogens is 362 g/mol. The third kappa shape index (κ3) is 1.35. The predicted molar refractivity (Wildman–Crippen MR) is 65.1 cm³/mol. The van der Waals surface area contributed by atoms with E-state index in [4.69, 9.17) is 0 Å².